The molecule has 0 atom stereocenters. The molecule has 1 heterocycles. The van der Waals surface area contributed by atoms with Crippen molar-refractivity contribution in [3.05, 3.63) is 87.8 Å². The summed E-state index contributed by atoms with van der Waals surface area (Å²) in [5, 5.41) is 0.825. The van der Waals surface area contributed by atoms with E-state index in [0.717, 1.165) is 16.5 Å². The van der Waals surface area contributed by atoms with Crippen molar-refractivity contribution >= 4 is 11.0 Å². The van der Waals surface area contributed by atoms with Crippen molar-refractivity contribution in [3.63, 3.8) is 0 Å². The average molecular weight is 416 g/mol. The van der Waals surface area contributed by atoms with Crippen molar-refractivity contribution in [1.29, 1.82) is 0 Å². The van der Waals surface area contributed by atoms with Gasteiger partial charge in [0.05, 0.1) is 19.8 Å². The molecule has 0 fully saturated rings. The van der Waals surface area contributed by atoms with Crippen LogP contribution in [0.15, 0.2) is 69.9 Å². The third kappa shape index (κ3) is 4.12. The van der Waals surface area contributed by atoms with Crippen molar-refractivity contribution in [3.8, 4) is 28.4 Å². The lowest BCUT2D eigenvalue weighted by molar-refractivity contribution is 0.306. The van der Waals surface area contributed by atoms with Crippen LogP contribution in [0.25, 0.3) is 22.1 Å². The van der Waals surface area contributed by atoms with Gasteiger partial charge in [0.1, 0.15) is 17.9 Å². The molecule has 0 bridgehead atoms. The van der Waals surface area contributed by atoms with E-state index in [1.54, 1.807) is 32.4 Å². The monoisotopic (exact) mass is 416 g/mol. The van der Waals surface area contributed by atoms with E-state index in [9.17, 15) is 4.79 Å². The Morgan fingerprint density at radius 3 is 2.29 bits per heavy atom. The van der Waals surface area contributed by atoms with Crippen LogP contribution in [0.4, 0.5) is 0 Å². The lowest BCUT2D eigenvalue weighted by Gasteiger charge is -2.13. The Bertz CT molecular complexity index is 1290. The molecule has 0 saturated carbocycles. The first-order valence-corrected chi connectivity index (χ1v) is 9.98. The van der Waals surface area contributed by atoms with E-state index in [4.69, 9.17) is 18.6 Å². The van der Waals surface area contributed by atoms with Gasteiger partial charge in [0, 0.05) is 5.39 Å². The highest BCUT2D eigenvalue weighted by atomic mass is 16.5. The van der Waals surface area contributed by atoms with Gasteiger partial charge in [0.15, 0.2) is 11.5 Å². The molecule has 0 amide bonds. The molecular formula is C26H24O5. The van der Waals surface area contributed by atoms with Crippen LogP contribution in [0, 0.1) is 13.8 Å². The topological polar surface area (TPSA) is 57.9 Å². The van der Waals surface area contributed by atoms with Crippen LogP contribution in [0.5, 0.6) is 17.2 Å². The van der Waals surface area contributed by atoms with Gasteiger partial charge in [-0.3, -0.25) is 0 Å². The van der Waals surface area contributed by atoms with E-state index < -0.39 is 5.63 Å². The molecular weight excluding hydrogens is 392 g/mol. The summed E-state index contributed by atoms with van der Waals surface area (Å²) in [7, 11) is 3.14. The lowest BCUT2D eigenvalue weighted by Crippen LogP contribution is -2.06. The molecule has 4 rings (SSSR count). The fourth-order valence-corrected chi connectivity index (χ4v) is 3.60. The maximum absolute atomic E-state index is 12.8. The van der Waals surface area contributed by atoms with E-state index in [0.29, 0.717) is 40.6 Å². The zero-order valence-electron chi connectivity index (χ0n) is 18.0. The van der Waals surface area contributed by atoms with Gasteiger partial charge < -0.3 is 18.6 Å². The second kappa shape index (κ2) is 8.56. The van der Waals surface area contributed by atoms with Gasteiger partial charge in [-0.2, -0.15) is 0 Å². The van der Waals surface area contributed by atoms with Crippen LogP contribution >= 0.6 is 0 Å². The minimum atomic E-state index is -0.398. The van der Waals surface area contributed by atoms with Crippen LogP contribution in [-0.2, 0) is 6.61 Å². The van der Waals surface area contributed by atoms with Gasteiger partial charge in [-0.05, 0) is 60.9 Å². The zero-order chi connectivity index (χ0) is 22.0. The normalized spacial score (nSPS) is 10.8. The van der Waals surface area contributed by atoms with Crippen molar-refractivity contribution in [2.75, 3.05) is 14.2 Å². The molecule has 3 aromatic carbocycles. The minimum absolute atomic E-state index is 0.398. The highest BCUT2D eigenvalue weighted by molar-refractivity contribution is 5.88. The van der Waals surface area contributed by atoms with Crippen LogP contribution in [0.1, 0.15) is 16.7 Å². The second-order valence-electron chi connectivity index (χ2n) is 7.39. The molecule has 31 heavy (non-hydrogen) atoms. The fourth-order valence-electron chi connectivity index (χ4n) is 3.60. The minimum Gasteiger partial charge on any atom is -0.493 e. The van der Waals surface area contributed by atoms with Crippen molar-refractivity contribution in [1.82, 2.24) is 0 Å². The zero-order valence-corrected chi connectivity index (χ0v) is 18.0. The Hall–Kier alpha value is -3.73. The molecule has 0 radical (unpaired) electrons. The summed E-state index contributed by atoms with van der Waals surface area (Å²) in [5.41, 5.74) is 4.44. The van der Waals surface area contributed by atoms with Crippen LogP contribution < -0.4 is 19.8 Å². The predicted molar refractivity (Wildman–Crippen MR) is 121 cm³/mol. The van der Waals surface area contributed by atoms with E-state index >= 15 is 0 Å². The molecule has 5 heteroatoms. The van der Waals surface area contributed by atoms with Crippen LogP contribution in [-0.4, -0.2) is 14.2 Å². The molecule has 0 unspecified atom stereocenters. The number of fused-ring (bicyclic) bond motifs is 1. The van der Waals surface area contributed by atoms with Gasteiger partial charge in [0.25, 0.3) is 0 Å². The summed E-state index contributed by atoms with van der Waals surface area (Å²) in [6, 6.07) is 19.1. The first-order chi connectivity index (χ1) is 15.0. The van der Waals surface area contributed by atoms with Gasteiger partial charge in [-0.15, -0.1) is 0 Å². The first kappa shape index (κ1) is 20.5. The van der Waals surface area contributed by atoms with Crippen LogP contribution in [0.2, 0.25) is 0 Å². The number of ether oxygens (including phenoxy) is 3. The second-order valence-corrected chi connectivity index (χ2v) is 7.39. The summed E-state index contributed by atoms with van der Waals surface area (Å²) in [4.78, 5) is 12.8. The standard InChI is InChI=1S/C26H24O5/c1-16-5-7-18(8-6-16)15-30-20-10-12-22-21(14-20)17(2)25(26(27)31-22)19-9-11-23(28-3)24(13-19)29-4/h5-14H,15H2,1-4H3. The molecule has 0 aliphatic carbocycles. The van der Waals surface area contributed by atoms with E-state index in [2.05, 4.69) is 31.2 Å². The quantitative estimate of drug-likeness (QED) is 0.379. The van der Waals surface area contributed by atoms with Gasteiger partial charge in [0.2, 0.25) is 0 Å². The van der Waals surface area contributed by atoms with Crippen molar-refractivity contribution in [2.24, 2.45) is 0 Å². The van der Waals surface area contributed by atoms with E-state index in [1.807, 2.05) is 25.1 Å². The summed E-state index contributed by atoms with van der Waals surface area (Å²) in [6.45, 7) is 4.43. The molecule has 1 aromatic heterocycles. The maximum atomic E-state index is 12.8. The molecule has 5 nitrogen and oxygen atoms in total. The lowest BCUT2D eigenvalue weighted by atomic mass is 9.99. The molecule has 0 aliphatic heterocycles. The first-order valence-electron chi connectivity index (χ1n) is 9.98. The van der Waals surface area contributed by atoms with Crippen molar-refractivity contribution in [2.45, 2.75) is 20.5 Å². The SMILES string of the molecule is COc1ccc(-c2c(C)c3cc(OCc4ccc(C)cc4)ccc3oc2=O)cc1OC. The summed E-state index contributed by atoms with van der Waals surface area (Å²) >= 11 is 0. The highest BCUT2D eigenvalue weighted by Gasteiger charge is 2.16. The Kier molecular flexibility index (Phi) is 5.67. The Balaban J connectivity index is 1.72. The van der Waals surface area contributed by atoms with Crippen molar-refractivity contribution < 1.29 is 18.6 Å². The Labute approximate surface area is 180 Å². The highest BCUT2D eigenvalue weighted by Crippen LogP contribution is 2.34. The van der Waals surface area contributed by atoms with Gasteiger partial charge >= 0.3 is 5.63 Å². The van der Waals surface area contributed by atoms with Crippen LogP contribution in [0.3, 0.4) is 0 Å². The predicted octanol–water partition coefficient (Wildman–Crippen LogP) is 5.67. The molecule has 0 N–H and O–H groups in total. The van der Waals surface area contributed by atoms with E-state index in [1.165, 1.54) is 5.56 Å². The Morgan fingerprint density at radius 1 is 0.839 bits per heavy atom. The maximum Gasteiger partial charge on any atom is 0.344 e. The molecule has 0 saturated heterocycles. The molecule has 0 aliphatic rings. The van der Waals surface area contributed by atoms with Gasteiger partial charge in [-0.1, -0.05) is 35.9 Å². The Morgan fingerprint density at radius 2 is 1.58 bits per heavy atom. The number of methoxy groups -OCH3 is 2. The number of aryl methyl sites for hydroxylation is 2. The fraction of sp³-hybridized carbons (Fsp3) is 0.192. The molecule has 0 spiro atoms. The number of hydrogen-bond donors (Lipinski definition) is 0. The number of benzene rings is 3. The third-order valence-corrected chi connectivity index (χ3v) is 5.34. The smallest absolute Gasteiger partial charge is 0.344 e. The summed E-state index contributed by atoms with van der Waals surface area (Å²) in [6.07, 6.45) is 0. The largest absolute Gasteiger partial charge is 0.493 e. The molecule has 158 valence electrons. The summed E-state index contributed by atoms with van der Waals surface area (Å²) < 4.78 is 22.3. The molecule has 4 aromatic rings. The number of rotatable bonds is 6. The third-order valence-electron chi connectivity index (χ3n) is 5.34. The average Bonchev–Trinajstić information content (AvgIpc) is 2.78. The van der Waals surface area contributed by atoms with E-state index in [-0.39, 0.29) is 0 Å². The van der Waals surface area contributed by atoms with Gasteiger partial charge in [-0.25, -0.2) is 4.79 Å². The number of hydrogen-bond acceptors (Lipinski definition) is 5. The summed E-state index contributed by atoms with van der Waals surface area (Å²) in [5.74, 6) is 1.86.